The monoisotopic (exact) mass is 256 g/mol. The standard InChI is InChI=1S/C16H16O3/c17-15(14-9-5-2-6-10-14)11-16(18)19-12-13-7-3-1-4-8-13/h1-10,15,17H,11-12H2/t15-/m1/s1. The van der Waals surface area contributed by atoms with Crippen molar-refractivity contribution in [3.05, 3.63) is 71.8 Å². The third-order valence-corrected chi connectivity index (χ3v) is 2.79. The topological polar surface area (TPSA) is 46.5 Å². The van der Waals surface area contributed by atoms with Gasteiger partial charge in [-0.25, -0.2) is 0 Å². The fourth-order valence-electron chi connectivity index (χ4n) is 1.75. The Balaban J connectivity index is 1.82. The predicted octanol–water partition coefficient (Wildman–Crippen LogP) is 2.85. The zero-order valence-corrected chi connectivity index (χ0v) is 10.5. The third kappa shape index (κ3) is 4.23. The molecule has 0 radical (unpaired) electrons. The van der Waals surface area contributed by atoms with Gasteiger partial charge in [0.15, 0.2) is 0 Å². The quantitative estimate of drug-likeness (QED) is 0.837. The minimum Gasteiger partial charge on any atom is -0.461 e. The van der Waals surface area contributed by atoms with E-state index in [1.807, 2.05) is 48.5 Å². The van der Waals surface area contributed by atoms with E-state index in [1.165, 1.54) is 0 Å². The molecule has 2 aromatic carbocycles. The smallest absolute Gasteiger partial charge is 0.309 e. The van der Waals surface area contributed by atoms with E-state index in [-0.39, 0.29) is 13.0 Å². The number of hydrogen-bond acceptors (Lipinski definition) is 3. The molecule has 0 heterocycles. The number of benzene rings is 2. The Kier molecular flexibility index (Phi) is 4.70. The highest BCUT2D eigenvalue weighted by Crippen LogP contribution is 2.16. The van der Waals surface area contributed by atoms with E-state index in [0.29, 0.717) is 0 Å². The van der Waals surface area contributed by atoms with Crippen molar-refractivity contribution in [3.63, 3.8) is 0 Å². The maximum absolute atomic E-state index is 11.6. The van der Waals surface area contributed by atoms with Crippen LogP contribution in [0.2, 0.25) is 0 Å². The Morgan fingerprint density at radius 3 is 2.21 bits per heavy atom. The first-order valence-corrected chi connectivity index (χ1v) is 6.18. The van der Waals surface area contributed by atoms with Gasteiger partial charge >= 0.3 is 5.97 Å². The molecule has 19 heavy (non-hydrogen) atoms. The third-order valence-electron chi connectivity index (χ3n) is 2.79. The molecule has 3 nitrogen and oxygen atoms in total. The molecule has 3 heteroatoms. The van der Waals surface area contributed by atoms with E-state index in [1.54, 1.807) is 12.1 Å². The van der Waals surface area contributed by atoms with Gasteiger partial charge in [0.2, 0.25) is 0 Å². The van der Waals surface area contributed by atoms with E-state index in [4.69, 9.17) is 4.74 Å². The van der Waals surface area contributed by atoms with Gasteiger partial charge in [0.05, 0.1) is 12.5 Å². The summed E-state index contributed by atoms with van der Waals surface area (Å²) in [4.78, 5) is 11.6. The van der Waals surface area contributed by atoms with Gasteiger partial charge in [0, 0.05) is 0 Å². The van der Waals surface area contributed by atoms with Crippen LogP contribution in [0.15, 0.2) is 60.7 Å². The van der Waals surface area contributed by atoms with Crippen LogP contribution in [-0.2, 0) is 16.1 Å². The van der Waals surface area contributed by atoms with Crippen LogP contribution < -0.4 is 0 Å². The highest BCUT2D eigenvalue weighted by molar-refractivity contribution is 5.70. The molecule has 2 aromatic rings. The van der Waals surface area contributed by atoms with Gasteiger partial charge in [-0.15, -0.1) is 0 Å². The van der Waals surface area contributed by atoms with E-state index in [2.05, 4.69) is 0 Å². The molecule has 0 saturated heterocycles. The Hall–Kier alpha value is -2.13. The van der Waals surface area contributed by atoms with Crippen LogP contribution in [0.3, 0.4) is 0 Å². The highest BCUT2D eigenvalue weighted by atomic mass is 16.5. The lowest BCUT2D eigenvalue weighted by Gasteiger charge is -2.10. The van der Waals surface area contributed by atoms with Crippen molar-refractivity contribution >= 4 is 5.97 Å². The number of carbonyl (C=O) groups excluding carboxylic acids is 1. The molecule has 1 atom stereocenters. The maximum atomic E-state index is 11.6. The first kappa shape index (κ1) is 13.3. The lowest BCUT2D eigenvalue weighted by molar-refractivity contribution is -0.147. The van der Waals surface area contributed by atoms with Gasteiger partial charge in [0.1, 0.15) is 6.61 Å². The van der Waals surface area contributed by atoms with Crippen molar-refractivity contribution in [2.75, 3.05) is 0 Å². The second-order valence-electron chi connectivity index (χ2n) is 4.28. The maximum Gasteiger partial charge on any atom is 0.309 e. The van der Waals surface area contributed by atoms with Crippen molar-refractivity contribution in [1.82, 2.24) is 0 Å². The molecule has 0 saturated carbocycles. The molecule has 2 rings (SSSR count). The van der Waals surface area contributed by atoms with Gasteiger partial charge in [-0.2, -0.15) is 0 Å². The first-order valence-electron chi connectivity index (χ1n) is 6.18. The average Bonchev–Trinajstić information content (AvgIpc) is 2.47. The number of carbonyl (C=O) groups is 1. The summed E-state index contributed by atoms with van der Waals surface area (Å²) in [6, 6.07) is 18.6. The molecular formula is C16H16O3. The summed E-state index contributed by atoms with van der Waals surface area (Å²) in [6.07, 6.45) is -0.846. The molecule has 0 aliphatic heterocycles. The van der Waals surface area contributed by atoms with Gasteiger partial charge in [-0.3, -0.25) is 4.79 Å². The molecule has 0 aliphatic rings. The van der Waals surface area contributed by atoms with E-state index in [0.717, 1.165) is 11.1 Å². The SMILES string of the molecule is O=C(C[C@@H](O)c1ccccc1)OCc1ccccc1. The summed E-state index contributed by atoms with van der Waals surface area (Å²) < 4.78 is 5.12. The summed E-state index contributed by atoms with van der Waals surface area (Å²) in [7, 11) is 0. The van der Waals surface area contributed by atoms with Crippen LogP contribution in [0.4, 0.5) is 0 Å². The number of aliphatic hydroxyl groups excluding tert-OH is 1. The van der Waals surface area contributed by atoms with Crippen LogP contribution in [0, 0.1) is 0 Å². The van der Waals surface area contributed by atoms with Crippen molar-refractivity contribution in [1.29, 1.82) is 0 Å². The van der Waals surface area contributed by atoms with Crippen molar-refractivity contribution in [2.24, 2.45) is 0 Å². The molecule has 0 aromatic heterocycles. The zero-order valence-electron chi connectivity index (χ0n) is 10.5. The molecule has 0 aliphatic carbocycles. The van der Waals surface area contributed by atoms with Crippen molar-refractivity contribution in [3.8, 4) is 0 Å². The lowest BCUT2D eigenvalue weighted by atomic mass is 10.1. The van der Waals surface area contributed by atoms with Crippen LogP contribution in [0.1, 0.15) is 23.7 Å². The normalized spacial score (nSPS) is 11.8. The molecule has 1 N–H and O–H groups in total. The largest absolute Gasteiger partial charge is 0.461 e. The second kappa shape index (κ2) is 6.71. The Morgan fingerprint density at radius 1 is 1.00 bits per heavy atom. The fourth-order valence-corrected chi connectivity index (χ4v) is 1.75. The number of rotatable bonds is 5. The van der Waals surface area contributed by atoms with Crippen LogP contribution in [-0.4, -0.2) is 11.1 Å². The first-order chi connectivity index (χ1) is 9.25. The summed E-state index contributed by atoms with van der Waals surface area (Å²) in [5, 5.41) is 9.89. The summed E-state index contributed by atoms with van der Waals surface area (Å²) in [5.74, 6) is -0.403. The number of aliphatic hydroxyl groups is 1. The van der Waals surface area contributed by atoms with Crippen LogP contribution in [0.25, 0.3) is 0 Å². The minimum absolute atomic E-state index is 0.0309. The van der Waals surface area contributed by atoms with Gasteiger partial charge in [0.25, 0.3) is 0 Å². The van der Waals surface area contributed by atoms with Crippen LogP contribution >= 0.6 is 0 Å². The molecule has 0 bridgehead atoms. The lowest BCUT2D eigenvalue weighted by Crippen LogP contribution is -2.10. The van der Waals surface area contributed by atoms with E-state index in [9.17, 15) is 9.90 Å². The number of ether oxygens (including phenoxy) is 1. The van der Waals surface area contributed by atoms with E-state index >= 15 is 0 Å². The Bertz CT molecular complexity index is 508. The van der Waals surface area contributed by atoms with Crippen molar-refractivity contribution < 1.29 is 14.6 Å². The second-order valence-corrected chi connectivity index (χ2v) is 4.28. The molecule has 0 unspecified atom stereocenters. The highest BCUT2D eigenvalue weighted by Gasteiger charge is 2.13. The minimum atomic E-state index is -0.815. The molecule has 0 amide bonds. The Morgan fingerprint density at radius 2 is 1.58 bits per heavy atom. The molecule has 0 fully saturated rings. The summed E-state index contributed by atoms with van der Waals surface area (Å²) >= 11 is 0. The predicted molar refractivity (Wildman–Crippen MR) is 72.3 cm³/mol. The van der Waals surface area contributed by atoms with Gasteiger partial charge in [-0.05, 0) is 11.1 Å². The van der Waals surface area contributed by atoms with Crippen molar-refractivity contribution in [2.45, 2.75) is 19.1 Å². The number of esters is 1. The summed E-state index contributed by atoms with van der Waals surface area (Å²) in [6.45, 7) is 0.237. The molecule has 98 valence electrons. The van der Waals surface area contributed by atoms with E-state index < -0.39 is 12.1 Å². The molecular weight excluding hydrogens is 240 g/mol. The van der Waals surface area contributed by atoms with Gasteiger partial charge in [-0.1, -0.05) is 60.7 Å². The summed E-state index contributed by atoms with van der Waals surface area (Å²) in [5.41, 5.74) is 1.66. The van der Waals surface area contributed by atoms with Gasteiger partial charge < -0.3 is 9.84 Å². The fraction of sp³-hybridized carbons (Fsp3) is 0.188. The average molecular weight is 256 g/mol. The van der Waals surface area contributed by atoms with Crippen LogP contribution in [0.5, 0.6) is 0 Å². The zero-order chi connectivity index (χ0) is 13.5. The number of hydrogen-bond donors (Lipinski definition) is 1. The molecule has 0 spiro atoms. The Labute approximate surface area is 112 Å².